The highest BCUT2D eigenvalue weighted by molar-refractivity contribution is 6.33. The molecule has 1 aromatic heterocycles. The maximum atomic E-state index is 12.5. The van der Waals surface area contributed by atoms with Gasteiger partial charge in [-0.25, -0.2) is 4.98 Å². The fourth-order valence-electron chi connectivity index (χ4n) is 2.41. The lowest BCUT2D eigenvalue weighted by Gasteiger charge is -2.13. The lowest BCUT2D eigenvalue weighted by molar-refractivity contribution is -0.384. The molecule has 0 spiro atoms. The van der Waals surface area contributed by atoms with Gasteiger partial charge in [-0.1, -0.05) is 41.9 Å². The Morgan fingerprint density at radius 2 is 2.00 bits per heavy atom. The van der Waals surface area contributed by atoms with E-state index in [-0.39, 0.29) is 28.2 Å². The molecule has 0 aliphatic carbocycles. The van der Waals surface area contributed by atoms with Crippen molar-refractivity contribution >= 4 is 28.2 Å². The minimum atomic E-state index is -0.898. The second-order valence-corrected chi connectivity index (χ2v) is 5.61. The average Bonchev–Trinajstić information content (AvgIpc) is 2.57. The predicted octanol–water partition coefficient (Wildman–Crippen LogP) is 2.69. The van der Waals surface area contributed by atoms with E-state index in [4.69, 9.17) is 11.6 Å². The van der Waals surface area contributed by atoms with Crippen molar-refractivity contribution in [3.8, 4) is 0 Å². The van der Waals surface area contributed by atoms with Crippen LogP contribution >= 0.6 is 11.6 Å². The lowest BCUT2D eigenvalue weighted by atomic mass is 10.1. The van der Waals surface area contributed by atoms with Crippen LogP contribution in [-0.4, -0.2) is 19.6 Å². The predicted molar refractivity (Wildman–Crippen MR) is 89.1 cm³/mol. The van der Waals surface area contributed by atoms with E-state index in [2.05, 4.69) is 4.98 Å². The third-order valence-corrected chi connectivity index (χ3v) is 3.95. The first-order valence-electron chi connectivity index (χ1n) is 7.03. The molecule has 1 atom stereocenters. The van der Waals surface area contributed by atoms with E-state index in [1.54, 1.807) is 24.3 Å². The highest BCUT2D eigenvalue weighted by Gasteiger charge is 2.17. The average molecular weight is 346 g/mol. The third-order valence-electron chi connectivity index (χ3n) is 3.64. The van der Waals surface area contributed by atoms with Crippen molar-refractivity contribution < 1.29 is 10.0 Å². The van der Waals surface area contributed by atoms with E-state index < -0.39 is 16.6 Å². The number of nitro groups is 1. The molecule has 24 heavy (non-hydrogen) atoms. The van der Waals surface area contributed by atoms with Gasteiger partial charge in [0.25, 0.3) is 11.2 Å². The Kier molecular flexibility index (Phi) is 4.28. The van der Waals surface area contributed by atoms with Gasteiger partial charge in [-0.05, 0) is 11.6 Å². The van der Waals surface area contributed by atoms with Crippen molar-refractivity contribution in [1.29, 1.82) is 0 Å². The normalized spacial score (nSPS) is 12.2. The quantitative estimate of drug-likeness (QED) is 0.579. The molecule has 0 aliphatic heterocycles. The summed E-state index contributed by atoms with van der Waals surface area (Å²) in [4.78, 5) is 26.9. The van der Waals surface area contributed by atoms with Crippen LogP contribution in [0.4, 0.5) is 5.69 Å². The SMILES string of the molecule is O=c1c2cc([N+](=O)[O-])c(Cl)cc2ncn1CC(O)c1ccccc1. The summed E-state index contributed by atoms with van der Waals surface area (Å²) in [5, 5.41) is 21.2. The molecule has 122 valence electrons. The van der Waals surface area contributed by atoms with Crippen molar-refractivity contribution in [2.24, 2.45) is 0 Å². The highest BCUT2D eigenvalue weighted by atomic mass is 35.5. The van der Waals surface area contributed by atoms with Crippen molar-refractivity contribution in [3.63, 3.8) is 0 Å². The first-order chi connectivity index (χ1) is 11.5. The van der Waals surface area contributed by atoms with Crippen molar-refractivity contribution in [2.75, 3.05) is 0 Å². The Morgan fingerprint density at radius 1 is 1.29 bits per heavy atom. The number of nitrogens with zero attached hydrogens (tertiary/aromatic N) is 3. The second kappa shape index (κ2) is 6.38. The number of fused-ring (bicyclic) bond motifs is 1. The molecule has 8 heteroatoms. The summed E-state index contributed by atoms with van der Waals surface area (Å²) < 4.78 is 1.22. The monoisotopic (exact) mass is 345 g/mol. The zero-order valence-corrected chi connectivity index (χ0v) is 13.1. The lowest BCUT2D eigenvalue weighted by Crippen LogP contribution is -2.23. The van der Waals surface area contributed by atoms with E-state index in [1.807, 2.05) is 6.07 Å². The summed E-state index contributed by atoms with van der Waals surface area (Å²) in [6, 6.07) is 11.3. The molecule has 0 radical (unpaired) electrons. The molecule has 0 amide bonds. The number of hydrogen-bond acceptors (Lipinski definition) is 5. The van der Waals surface area contributed by atoms with Crippen molar-refractivity contribution in [3.05, 3.63) is 79.8 Å². The number of benzene rings is 2. The molecule has 3 rings (SSSR count). The fourth-order valence-corrected chi connectivity index (χ4v) is 2.63. The first kappa shape index (κ1) is 16.1. The van der Waals surface area contributed by atoms with Gasteiger partial charge in [-0.15, -0.1) is 0 Å². The van der Waals surface area contributed by atoms with E-state index in [0.717, 1.165) is 6.07 Å². The Balaban J connectivity index is 2.04. The van der Waals surface area contributed by atoms with E-state index in [9.17, 15) is 20.0 Å². The number of nitro benzene ring substituents is 1. The Hall–Kier alpha value is -2.77. The second-order valence-electron chi connectivity index (χ2n) is 5.21. The van der Waals surface area contributed by atoms with Crippen LogP contribution < -0.4 is 5.56 Å². The smallest absolute Gasteiger partial charge is 0.288 e. The molecule has 0 aliphatic rings. The van der Waals surface area contributed by atoms with Gasteiger partial charge in [0.2, 0.25) is 0 Å². The van der Waals surface area contributed by atoms with Crippen LogP contribution in [0.3, 0.4) is 0 Å². The molecule has 7 nitrogen and oxygen atoms in total. The van der Waals surface area contributed by atoms with Gasteiger partial charge in [0.05, 0.1) is 34.8 Å². The summed E-state index contributed by atoms with van der Waals surface area (Å²) in [6.45, 7) is -0.0117. The molecule has 1 heterocycles. The van der Waals surface area contributed by atoms with Gasteiger partial charge in [0.1, 0.15) is 5.02 Å². The van der Waals surface area contributed by atoms with Crippen LogP contribution in [0.1, 0.15) is 11.7 Å². The van der Waals surface area contributed by atoms with Gasteiger partial charge in [0.15, 0.2) is 0 Å². The van der Waals surface area contributed by atoms with Crippen LogP contribution in [-0.2, 0) is 6.54 Å². The largest absolute Gasteiger partial charge is 0.387 e. The molecule has 0 bridgehead atoms. The zero-order valence-electron chi connectivity index (χ0n) is 12.3. The Labute approximate surface area is 140 Å². The number of aromatic nitrogens is 2. The summed E-state index contributed by atoms with van der Waals surface area (Å²) in [6.07, 6.45) is 0.393. The molecular formula is C16H12ClN3O4. The Bertz CT molecular complexity index is 972. The fraction of sp³-hybridized carbons (Fsp3) is 0.125. The van der Waals surface area contributed by atoms with Gasteiger partial charge < -0.3 is 5.11 Å². The maximum Gasteiger partial charge on any atom is 0.288 e. The number of hydrogen-bond donors (Lipinski definition) is 1. The number of aliphatic hydroxyl groups is 1. The summed E-state index contributed by atoms with van der Waals surface area (Å²) in [5.74, 6) is 0. The molecule has 0 fully saturated rings. The molecule has 1 unspecified atom stereocenters. The summed E-state index contributed by atoms with van der Waals surface area (Å²) in [7, 11) is 0. The van der Waals surface area contributed by atoms with E-state index >= 15 is 0 Å². The molecule has 2 aromatic carbocycles. The minimum Gasteiger partial charge on any atom is -0.387 e. The maximum absolute atomic E-state index is 12.5. The van der Waals surface area contributed by atoms with Gasteiger partial charge in [0, 0.05) is 6.07 Å². The van der Waals surface area contributed by atoms with E-state index in [0.29, 0.717) is 5.56 Å². The summed E-state index contributed by atoms with van der Waals surface area (Å²) in [5.41, 5.74) is 0.0896. The van der Waals surface area contributed by atoms with Crippen LogP contribution in [0.5, 0.6) is 0 Å². The highest BCUT2D eigenvalue weighted by Crippen LogP contribution is 2.27. The van der Waals surface area contributed by atoms with Crippen LogP contribution in [0.2, 0.25) is 5.02 Å². The molecule has 3 aromatic rings. The van der Waals surface area contributed by atoms with Gasteiger partial charge in [-0.2, -0.15) is 0 Å². The molecular weight excluding hydrogens is 334 g/mol. The standard InChI is InChI=1S/C16H12ClN3O4/c17-12-7-13-11(6-14(12)20(23)24)16(22)19(9-18-13)8-15(21)10-4-2-1-3-5-10/h1-7,9,15,21H,8H2. The molecule has 0 saturated carbocycles. The van der Waals surface area contributed by atoms with Crippen LogP contribution in [0.15, 0.2) is 53.6 Å². The number of rotatable bonds is 4. The zero-order chi connectivity index (χ0) is 17.3. The summed E-state index contributed by atoms with van der Waals surface area (Å²) >= 11 is 5.82. The first-order valence-corrected chi connectivity index (χ1v) is 7.41. The van der Waals surface area contributed by atoms with Gasteiger partial charge >= 0.3 is 0 Å². The molecule has 0 saturated heterocycles. The van der Waals surface area contributed by atoms with E-state index in [1.165, 1.54) is 17.0 Å². The third kappa shape index (κ3) is 2.99. The van der Waals surface area contributed by atoms with Crippen molar-refractivity contribution in [2.45, 2.75) is 12.6 Å². The molecule has 1 N–H and O–H groups in total. The van der Waals surface area contributed by atoms with Crippen LogP contribution in [0.25, 0.3) is 10.9 Å². The minimum absolute atomic E-state index is 0.0117. The number of aliphatic hydroxyl groups excluding tert-OH is 1. The topological polar surface area (TPSA) is 98.3 Å². The van der Waals surface area contributed by atoms with Gasteiger partial charge in [-0.3, -0.25) is 19.5 Å². The van der Waals surface area contributed by atoms with Crippen molar-refractivity contribution in [1.82, 2.24) is 9.55 Å². The Morgan fingerprint density at radius 3 is 2.67 bits per heavy atom. The number of halogens is 1. The van der Waals surface area contributed by atoms with Crippen LogP contribution in [0, 0.1) is 10.1 Å².